The number of carbonyl (C=O) groups excluding carboxylic acids is 1. The van der Waals surface area contributed by atoms with Gasteiger partial charge in [0.25, 0.3) is 0 Å². The van der Waals surface area contributed by atoms with E-state index in [9.17, 15) is 4.79 Å². The van der Waals surface area contributed by atoms with Gasteiger partial charge in [0, 0.05) is 6.07 Å². The van der Waals surface area contributed by atoms with Crippen molar-refractivity contribution in [3.8, 4) is 0 Å². The third kappa shape index (κ3) is 3.87. The van der Waals surface area contributed by atoms with Gasteiger partial charge in [0.05, 0.1) is 12.8 Å². The molecule has 0 unspecified atom stereocenters. The van der Waals surface area contributed by atoms with E-state index in [2.05, 4.69) is 22.7 Å². The molecule has 0 amide bonds. The van der Waals surface area contributed by atoms with E-state index in [0.717, 1.165) is 0 Å². The van der Waals surface area contributed by atoms with Crippen LogP contribution in [0.2, 0.25) is 0 Å². The Balaban J connectivity index is 2.77. The summed E-state index contributed by atoms with van der Waals surface area (Å²) in [5, 5.41) is 3.76. The number of nitrogens with zero attached hydrogens (tertiary/aromatic N) is 1. The van der Waals surface area contributed by atoms with Crippen molar-refractivity contribution in [2.24, 2.45) is 10.8 Å². The summed E-state index contributed by atoms with van der Waals surface area (Å²) in [6, 6.07) is 1.54. The maximum atomic E-state index is 11.5. The monoisotopic (exact) mass is 255 g/mol. The van der Waals surface area contributed by atoms with Crippen molar-refractivity contribution in [1.82, 2.24) is 5.43 Å². The Morgan fingerprint density at radius 2 is 2.47 bits per heavy atom. The van der Waals surface area contributed by atoms with Crippen molar-refractivity contribution in [3.05, 3.63) is 23.2 Å². The van der Waals surface area contributed by atoms with Gasteiger partial charge in [-0.1, -0.05) is 0 Å². The van der Waals surface area contributed by atoms with Gasteiger partial charge in [0.2, 0.25) is 0 Å². The summed E-state index contributed by atoms with van der Waals surface area (Å²) in [5.74, 6) is 0.463. The lowest BCUT2D eigenvalue weighted by molar-refractivity contribution is 0.0524. The molecular formula is C10H13N3O3S. The van der Waals surface area contributed by atoms with Gasteiger partial charge < -0.3 is 14.9 Å². The van der Waals surface area contributed by atoms with Crippen LogP contribution >= 0.6 is 12.2 Å². The molecule has 0 saturated heterocycles. The summed E-state index contributed by atoms with van der Waals surface area (Å²) in [6.07, 6.45) is 1.37. The zero-order valence-electron chi connectivity index (χ0n) is 9.52. The average molecular weight is 255 g/mol. The van der Waals surface area contributed by atoms with Gasteiger partial charge in [-0.2, -0.15) is 5.10 Å². The predicted octanol–water partition coefficient (Wildman–Crippen LogP) is 0.932. The SMILES string of the molecule is CCOC(=O)c1cc(/C=N/NC(N)=S)oc1C. The summed E-state index contributed by atoms with van der Waals surface area (Å²) < 4.78 is 10.2. The molecule has 1 heterocycles. The molecule has 0 spiro atoms. The topological polar surface area (TPSA) is 89.8 Å². The largest absolute Gasteiger partial charge is 0.462 e. The Bertz CT molecular complexity index is 454. The highest BCUT2D eigenvalue weighted by atomic mass is 32.1. The summed E-state index contributed by atoms with van der Waals surface area (Å²) in [5.41, 5.74) is 7.94. The molecule has 1 rings (SSSR count). The minimum atomic E-state index is -0.421. The van der Waals surface area contributed by atoms with Crippen molar-refractivity contribution in [1.29, 1.82) is 0 Å². The van der Waals surface area contributed by atoms with Crippen LogP contribution in [0.25, 0.3) is 0 Å². The third-order valence-corrected chi connectivity index (χ3v) is 1.89. The maximum absolute atomic E-state index is 11.5. The Morgan fingerprint density at radius 1 is 1.76 bits per heavy atom. The molecule has 1 aromatic heterocycles. The van der Waals surface area contributed by atoms with Crippen LogP contribution in [0, 0.1) is 6.92 Å². The van der Waals surface area contributed by atoms with Crippen molar-refractivity contribution in [3.63, 3.8) is 0 Å². The highest BCUT2D eigenvalue weighted by molar-refractivity contribution is 7.80. The normalized spacial score (nSPS) is 10.5. The zero-order chi connectivity index (χ0) is 12.8. The molecule has 1 aromatic rings. The Labute approximate surface area is 104 Å². The Hall–Kier alpha value is -1.89. The lowest BCUT2D eigenvalue weighted by Gasteiger charge is -1.97. The van der Waals surface area contributed by atoms with Gasteiger partial charge in [-0.3, -0.25) is 5.43 Å². The molecule has 0 aliphatic carbocycles. The number of furan rings is 1. The smallest absolute Gasteiger partial charge is 0.341 e. The van der Waals surface area contributed by atoms with Gasteiger partial charge in [-0.25, -0.2) is 4.79 Å². The molecular weight excluding hydrogens is 242 g/mol. The van der Waals surface area contributed by atoms with Gasteiger partial charge in [-0.15, -0.1) is 0 Å². The van der Waals surface area contributed by atoms with Crippen LogP contribution in [0.4, 0.5) is 0 Å². The maximum Gasteiger partial charge on any atom is 0.341 e. The van der Waals surface area contributed by atoms with Crippen molar-refractivity contribution < 1.29 is 13.9 Å². The van der Waals surface area contributed by atoms with E-state index in [1.807, 2.05) is 0 Å². The first-order valence-electron chi connectivity index (χ1n) is 4.90. The summed E-state index contributed by atoms with van der Waals surface area (Å²) in [4.78, 5) is 11.5. The number of hydrogen-bond acceptors (Lipinski definition) is 5. The van der Waals surface area contributed by atoms with Gasteiger partial charge in [0.1, 0.15) is 17.1 Å². The Kier molecular flexibility index (Phi) is 4.65. The number of nitrogens with one attached hydrogen (secondary N) is 1. The molecule has 7 heteroatoms. The number of carbonyl (C=O) groups is 1. The molecule has 0 atom stereocenters. The summed E-state index contributed by atoms with van der Waals surface area (Å²) >= 11 is 4.57. The molecule has 0 aromatic carbocycles. The number of nitrogens with two attached hydrogens (primary N) is 1. The third-order valence-electron chi connectivity index (χ3n) is 1.80. The van der Waals surface area contributed by atoms with E-state index in [1.54, 1.807) is 13.8 Å². The molecule has 0 saturated carbocycles. The molecule has 0 fully saturated rings. The number of rotatable bonds is 4. The second kappa shape index (κ2) is 6.00. The van der Waals surface area contributed by atoms with Crippen LogP contribution in [0.1, 0.15) is 28.8 Å². The average Bonchev–Trinajstić information content (AvgIpc) is 2.59. The Morgan fingerprint density at radius 3 is 3.06 bits per heavy atom. The second-order valence-electron chi connectivity index (χ2n) is 3.07. The first-order chi connectivity index (χ1) is 8.04. The molecule has 17 heavy (non-hydrogen) atoms. The standard InChI is InChI=1S/C10H13N3O3S/c1-3-15-9(14)8-4-7(16-6(8)2)5-12-13-10(11)17/h4-5H,3H2,1-2H3,(H3,11,13,17)/b12-5+. The van der Waals surface area contributed by atoms with Crippen molar-refractivity contribution in [2.45, 2.75) is 13.8 Å². The molecule has 92 valence electrons. The van der Waals surface area contributed by atoms with Crippen LogP contribution < -0.4 is 11.2 Å². The van der Waals surface area contributed by atoms with E-state index in [4.69, 9.17) is 14.9 Å². The number of esters is 1. The first-order valence-corrected chi connectivity index (χ1v) is 5.31. The van der Waals surface area contributed by atoms with Gasteiger partial charge >= 0.3 is 5.97 Å². The molecule has 0 aliphatic heterocycles. The van der Waals surface area contributed by atoms with Crippen LogP contribution in [0.3, 0.4) is 0 Å². The first kappa shape index (κ1) is 13.2. The second-order valence-corrected chi connectivity index (χ2v) is 3.51. The van der Waals surface area contributed by atoms with Crippen molar-refractivity contribution >= 4 is 29.5 Å². The number of aryl methyl sites for hydroxylation is 1. The lowest BCUT2D eigenvalue weighted by atomic mass is 10.2. The molecule has 3 N–H and O–H groups in total. The fourth-order valence-electron chi connectivity index (χ4n) is 1.14. The molecule has 6 nitrogen and oxygen atoms in total. The minimum Gasteiger partial charge on any atom is -0.462 e. The van der Waals surface area contributed by atoms with E-state index >= 15 is 0 Å². The van der Waals surface area contributed by atoms with Gasteiger partial charge in [0.15, 0.2) is 5.11 Å². The van der Waals surface area contributed by atoms with Crippen LogP contribution in [-0.4, -0.2) is 23.9 Å². The van der Waals surface area contributed by atoms with Crippen LogP contribution in [-0.2, 0) is 4.74 Å². The van der Waals surface area contributed by atoms with E-state index in [-0.39, 0.29) is 5.11 Å². The van der Waals surface area contributed by atoms with E-state index in [1.165, 1.54) is 12.3 Å². The lowest BCUT2D eigenvalue weighted by Crippen LogP contribution is -2.23. The number of ether oxygens (including phenoxy) is 1. The number of thiocarbonyl (C=S) groups is 1. The molecule has 0 aliphatic rings. The van der Waals surface area contributed by atoms with E-state index < -0.39 is 5.97 Å². The van der Waals surface area contributed by atoms with Crippen LogP contribution in [0.15, 0.2) is 15.6 Å². The zero-order valence-corrected chi connectivity index (χ0v) is 10.3. The highest BCUT2D eigenvalue weighted by Gasteiger charge is 2.14. The fourth-order valence-corrected chi connectivity index (χ4v) is 1.19. The molecule has 0 radical (unpaired) electrons. The predicted molar refractivity (Wildman–Crippen MR) is 66.9 cm³/mol. The summed E-state index contributed by atoms with van der Waals surface area (Å²) in [6.45, 7) is 3.72. The molecule has 0 bridgehead atoms. The minimum absolute atomic E-state index is 0.0511. The van der Waals surface area contributed by atoms with E-state index in [0.29, 0.717) is 23.7 Å². The van der Waals surface area contributed by atoms with Crippen molar-refractivity contribution in [2.75, 3.05) is 6.61 Å². The number of hydrogen-bond donors (Lipinski definition) is 2. The fraction of sp³-hybridized carbons (Fsp3) is 0.300. The summed E-state index contributed by atoms with van der Waals surface area (Å²) in [7, 11) is 0. The quantitative estimate of drug-likeness (QED) is 0.360. The van der Waals surface area contributed by atoms with Crippen LogP contribution in [0.5, 0.6) is 0 Å². The van der Waals surface area contributed by atoms with Gasteiger partial charge in [-0.05, 0) is 26.1 Å². The number of hydrazone groups is 1. The highest BCUT2D eigenvalue weighted by Crippen LogP contribution is 2.14.